The highest BCUT2D eigenvalue weighted by atomic mass is 35.5. The molecule has 16 heavy (non-hydrogen) atoms. The third-order valence-electron chi connectivity index (χ3n) is 1.99. The Hall–Kier alpha value is -0.780. The van der Waals surface area contributed by atoms with Gasteiger partial charge in [-0.05, 0) is 18.1 Å². The number of aliphatic hydroxyl groups is 1. The molecule has 1 unspecified atom stereocenters. The van der Waals surface area contributed by atoms with Crippen molar-refractivity contribution in [3.05, 3.63) is 35.4 Å². The third-order valence-corrected chi connectivity index (χ3v) is 1.99. The van der Waals surface area contributed by atoms with Crippen LogP contribution in [-0.2, 0) is 12.6 Å². The molecule has 2 nitrogen and oxygen atoms in total. The van der Waals surface area contributed by atoms with Gasteiger partial charge >= 0.3 is 6.18 Å². The van der Waals surface area contributed by atoms with Gasteiger partial charge in [0, 0.05) is 6.04 Å². The van der Waals surface area contributed by atoms with Gasteiger partial charge in [0.2, 0.25) is 0 Å². The molecule has 1 aromatic rings. The van der Waals surface area contributed by atoms with Crippen LogP contribution in [0.25, 0.3) is 0 Å². The quantitative estimate of drug-likeness (QED) is 0.868. The summed E-state index contributed by atoms with van der Waals surface area (Å²) in [5.41, 5.74) is 5.22. The molecule has 0 fully saturated rings. The molecule has 1 aromatic carbocycles. The monoisotopic (exact) mass is 255 g/mol. The van der Waals surface area contributed by atoms with E-state index in [9.17, 15) is 13.2 Å². The van der Waals surface area contributed by atoms with E-state index in [1.807, 2.05) is 0 Å². The molecule has 3 N–H and O–H groups in total. The topological polar surface area (TPSA) is 46.2 Å². The Balaban J connectivity index is 0.00000225. The lowest BCUT2D eigenvalue weighted by Gasteiger charge is -2.11. The summed E-state index contributed by atoms with van der Waals surface area (Å²) in [5.74, 6) is 0. The van der Waals surface area contributed by atoms with Gasteiger partial charge in [-0.3, -0.25) is 0 Å². The predicted octanol–water partition coefficient (Wildman–Crippen LogP) is 1.99. The Morgan fingerprint density at radius 1 is 1.31 bits per heavy atom. The van der Waals surface area contributed by atoms with Crippen LogP contribution < -0.4 is 5.73 Å². The molecule has 0 aliphatic carbocycles. The lowest BCUT2D eigenvalue weighted by Crippen LogP contribution is -2.26. The first kappa shape index (κ1) is 15.2. The minimum Gasteiger partial charge on any atom is -0.395 e. The smallest absolute Gasteiger partial charge is 0.395 e. The van der Waals surface area contributed by atoms with Gasteiger partial charge in [-0.2, -0.15) is 13.2 Å². The van der Waals surface area contributed by atoms with Crippen LogP contribution in [-0.4, -0.2) is 17.8 Å². The van der Waals surface area contributed by atoms with Gasteiger partial charge in [-0.1, -0.05) is 18.2 Å². The van der Waals surface area contributed by atoms with Gasteiger partial charge in [0.15, 0.2) is 0 Å². The molecule has 1 atom stereocenters. The molecule has 1 rings (SSSR count). The molecule has 0 saturated heterocycles. The molecular formula is C10H13ClF3NO. The average molecular weight is 256 g/mol. The molecule has 0 aliphatic heterocycles. The third kappa shape index (κ3) is 4.38. The summed E-state index contributed by atoms with van der Waals surface area (Å²) in [4.78, 5) is 0. The van der Waals surface area contributed by atoms with Crippen molar-refractivity contribution in [1.29, 1.82) is 0 Å². The Morgan fingerprint density at radius 2 is 1.94 bits per heavy atom. The largest absolute Gasteiger partial charge is 0.416 e. The number of rotatable bonds is 3. The van der Waals surface area contributed by atoms with E-state index < -0.39 is 17.8 Å². The lowest BCUT2D eigenvalue weighted by atomic mass is 10.0. The molecule has 0 radical (unpaired) electrons. The normalized spacial score (nSPS) is 13.1. The van der Waals surface area contributed by atoms with Gasteiger partial charge in [0.1, 0.15) is 0 Å². The van der Waals surface area contributed by atoms with Crippen molar-refractivity contribution in [1.82, 2.24) is 0 Å². The van der Waals surface area contributed by atoms with Crippen LogP contribution in [0.2, 0.25) is 0 Å². The number of benzene rings is 1. The number of halogens is 4. The van der Waals surface area contributed by atoms with E-state index in [1.165, 1.54) is 6.07 Å². The zero-order valence-electron chi connectivity index (χ0n) is 8.37. The van der Waals surface area contributed by atoms with Crippen LogP contribution in [0.1, 0.15) is 11.1 Å². The maximum Gasteiger partial charge on any atom is 0.416 e. The van der Waals surface area contributed by atoms with E-state index in [1.54, 1.807) is 6.07 Å². The van der Waals surface area contributed by atoms with Crippen molar-refractivity contribution in [3.8, 4) is 0 Å². The van der Waals surface area contributed by atoms with Crippen molar-refractivity contribution in [2.45, 2.75) is 18.6 Å². The van der Waals surface area contributed by atoms with Crippen LogP contribution in [0, 0.1) is 0 Å². The van der Waals surface area contributed by atoms with E-state index >= 15 is 0 Å². The highest BCUT2D eigenvalue weighted by molar-refractivity contribution is 5.85. The maximum absolute atomic E-state index is 12.3. The number of hydrogen-bond acceptors (Lipinski definition) is 2. The highest BCUT2D eigenvalue weighted by Crippen LogP contribution is 2.29. The van der Waals surface area contributed by atoms with Crippen LogP contribution in [0.4, 0.5) is 13.2 Å². The van der Waals surface area contributed by atoms with Crippen molar-refractivity contribution >= 4 is 12.4 Å². The van der Waals surface area contributed by atoms with Crippen LogP contribution in [0.15, 0.2) is 24.3 Å². The van der Waals surface area contributed by atoms with Gasteiger partial charge < -0.3 is 10.8 Å². The number of hydrogen-bond donors (Lipinski definition) is 2. The van der Waals surface area contributed by atoms with Crippen LogP contribution in [0.5, 0.6) is 0 Å². The molecule has 0 aliphatic rings. The number of alkyl halides is 3. The first-order valence-electron chi connectivity index (χ1n) is 4.46. The SMILES string of the molecule is Cl.NC(CO)Cc1cccc(C(F)(F)F)c1. The summed E-state index contributed by atoms with van der Waals surface area (Å²) < 4.78 is 36.9. The fourth-order valence-electron chi connectivity index (χ4n) is 1.24. The fourth-order valence-corrected chi connectivity index (χ4v) is 1.24. The second-order valence-corrected chi connectivity index (χ2v) is 3.34. The minimum absolute atomic E-state index is 0. The molecule has 0 bridgehead atoms. The van der Waals surface area contributed by atoms with Crippen molar-refractivity contribution < 1.29 is 18.3 Å². The fraction of sp³-hybridized carbons (Fsp3) is 0.400. The second-order valence-electron chi connectivity index (χ2n) is 3.34. The van der Waals surface area contributed by atoms with Gasteiger partial charge in [0.05, 0.1) is 12.2 Å². The van der Waals surface area contributed by atoms with Crippen molar-refractivity contribution in [2.24, 2.45) is 5.73 Å². The van der Waals surface area contributed by atoms with Gasteiger partial charge in [-0.25, -0.2) is 0 Å². The first-order chi connectivity index (χ1) is 6.93. The number of aliphatic hydroxyl groups excluding tert-OH is 1. The standard InChI is InChI=1S/C10H12F3NO.ClH/c11-10(12,13)8-3-1-2-7(4-8)5-9(14)6-15;/h1-4,9,15H,5-6,14H2;1H. The Kier molecular flexibility index (Phi) is 5.78. The average Bonchev–Trinajstić information content (AvgIpc) is 2.17. The van der Waals surface area contributed by atoms with Crippen LogP contribution in [0.3, 0.4) is 0 Å². The molecule has 0 saturated carbocycles. The summed E-state index contributed by atoms with van der Waals surface area (Å²) in [6.07, 6.45) is -4.10. The van der Waals surface area contributed by atoms with Crippen molar-refractivity contribution in [2.75, 3.05) is 6.61 Å². The van der Waals surface area contributed by atoms with Gasteiger partial charge in [0.25, 0.3) is 0 Å². The predicted molar refractivity (Wildman–Crippen MR) is 57.5 cm³/mol. The summed E-state index contributed by atoms with van der Waals surface area (Å²) in [6.45, 7) is -0.240. The molecule has 0 aromatic heterocycles. The Morgan fingerprint density at radius 3 is 2.44 bits per heavy atom. The van der Waals surface area contributed by atoms with E-state index in [4.69, 9.17) is 10.8 Å². The maximum atomic E-state index is 12.3. The summed E-state index contributed by atoms with van der Waals surface area (Å²) in [6, 6.07) is 4.43. The second kappa shape index (κ2) is 6.08. The Labute approximate surface area is 97.7 Å². The highest BCUT2D eigenvalue weighted by Gasteiger charge is 2.30. The molecule has 92 valence electrons. The minimum atomic E-state index is -4.33. The molecule has 0 spiro atoms. The summed E-state index contributed by atoms with van der Waals surface area (Å²) in [5, 5.41) is 8.68. The van der Waals surface area contributed by atoms with Crippen molar-refractivity contribution in [3.63, 3.8) is 0 Å². The summed E-state index contributed by atoms with van der Waals surface area (Å²) in [7, 11) is 0. The van der Waals surface area contributed by atoms with E-state index in [-0.39, 0.29) is 25.4 Å². The Bertz CT molecular complexity index is 330. The molecular weight excluding hydrogens is 243 g/mol. The zero-order chi connectivity index (χ0) is 11.5. The zero-order valence-corrected chi connectivity index (χ0v) is 9.18. The lowest BCUT2D eigenvalue weighted by molar-refractivity contribution is -0.137. The molecule has 6 heteroatoms. The summed E-state index contributed by atoms with van der Waals surface area (Å²) >= 11 is 0. The number of nitrogens with two attached hydrogens (primary N) is 1. The van der Waals surface area contributed by atoms with E-state index in [0.29, 0.717) is 5.56 Å². The molecule has 0 heterocycles. The van der Waals surface area contributed by atoms with E-state index in [0.717, 1.165) is 12.1 Å². The van der Waals surface area contributed by atoms with Gasteiger partial charge in [-0.15, -0.1) is 12.4 Å². The first-order valence-corrected chi connectivity index (χ1v) is 4.46. The molecule has 0 amide bonds. The van der Waals surface area contributed by atoms with Crippen LogP contribution >= 0.6 is 12.4 Å². The van der Waals surface area contributed by atoms with E-state index in [2.05, 4.69) is 0 Å².